The number of carbonyl (C=O) groups excluding carboxylic acids is 1. The standard InChI is InChI=1S/C12H26N2O/c1-3-4-5-6-7-8-9-12(15)14(2)11-10-13/h3-11,13H2,1-2H3. The van der Waals surface area contributed by atoms with Crippen molar-refractivity contribution in [1.29, 1.82) is 0 Å². The van der Waals surface area contributed by atoms with Gasteiger partial charge in [-0.1, -0.05) is 39.0 Å². The van der Waals surface area contributed by atoms with Crippen LogP contribution in [0, 0.1) is 0 Å². The molecular weight excluding hydrogens is 188 g/mol. The lowest BCUT2D eigenvalue weighted by Gasteiger charge is -2.15. The molecule has 0 aliphatic carbocycles. The van der Waals surface area contributed by atoms with E-state index in [9.17, 15) is 4.79 Å². The Morgan fingerprint density at radius 1 is 1.13 bits per heavy atom. The van der Waals surface area contributed by atoms with Crippen LogP contribution in [0.5, 0.6) is 0 Å². The Hall–Kier alpha value is -0.570. The van der Waals surface area contributed by atoms with Gasteiger partial charge in [0.25, 0.3) is 0 Å². The van der Waals surface area contributed by atoms with Crippen LogP contribution < -0.4 is 5.73 Å². The first-order valence-corrected chi connectivity index (χ1v) is 6.16. The fraction of sp³-hybridized carbons (Fsp3) is 0.917. The summed E-state index contributed by atoms with van der Waals surface area (Å²) in [6, 6.07) is 0. The summed E-state index contributed by atoms with van der Waals surface area (Å²) in [6.45, 7) is 3.44. The van der Waals surface area contributed by atoms with Gasteiger partial charge in [0.05, 0.1) is 0 Å². The predicted molar refractivity (Wildman–Crippen MR) is 64.7 cm³/mol. The maximum Gasteiger partial charge on any atom is 0.222 e. The van der Waals surface area contributed by atoms with E-state index in [1.54, 1.807) is 4.90 Å². The highest BCUT2D eigenvalue weighted by molar-refractivity contribution is 5.75. The molecule has 0 fully saturated rings. The fourth-order valence-corrected chi connectivity index (χ4v) is 1.57. The third-order valence-corrected chi connectivity index (χ3v) is 2.63. The molecule has 0 saturated carbocycles. The number of nitrogens with zero attached hydrogens (tertiary/aromatic N) is 1. The summed E-state index contributed by atoms with van der Waals surface area (Å²) in [5.41, 5.74) is 5.38. The van der Waals surface area contributed by atoms with Crippen LogP contribution in [0.15, 0.2) is 0 Å². The smallest absolute Gasteiger partial charge is 0.222 e. The molecule has 0 unspecified atom stereocenters. The predicted octanol–water partition coefficient (Wildman–Crippen LogP) is 2.15. The van der Waals surface area contributed by atoms with Crippen molar-refractivity contribution in [2.45, 2.75) is 51.9 Å². The first kappa shape index (κ1) is 14.4. The Morgan fingerprint density at radius 3 is 2.33 bits per heavy atom. The highest BCUT2D eigenvalue weighted by Crippen LogP contribution is 2.07. The van der Waals surface area contributed by atoms with E-state index in [2.05, 4.69) is 6.92 Å². The Labute approximate surface area is 94.0 Å². The van der Waals surface area contributed by atoms with Crippen molar-refractivity contribution in [1.82, 2.24) is 4.90 Å². The van der Waals surface area contributed by atoms with Crippen LogP contribution in [-0.2, 0) is 4.79 Å². The monoisotopic (exact) mass is 214 g/mol. The first-order valence-electron chi connectivity index (χ1n) is 6.16. The molecule has 1 amide bonds. The topological polar surface area (TPSA) is 46.3 Å². The van der Waals surface area contributed by atoms with Crippen molar-refractivity contribution in [3.8, 4) is 0 Å². The third kappa shape index (κ3) is 8.43. The van der Waals surface area contributed by atoms with Crippen LogP contribution in [0.3, 0.4) is 0 Å². The van der Waals surface area contributed by atoms with Gasteiger partial charge in [0.1, 0.15) is 0 Å². The number of carbonyl (C=O) groups is 1. The number of hydrogen-bond donors (Lipinski definition) is 1. The average Bonchev–Trinajstić information content (AvgIpc) is 2.23. The quantitative estimate of drug-likeness (QED) is 0.598. The largest absolute Gasteiger partial charge is 0.344 e. The highest BCUT2D eigenvalue weighted by Gasteiger charge is 2.06. The number of rotatable bonds is 9. The van der Waals surface area contributed by atoms with Crippen LogP contribution >= 0.6 is 0 Å². The normalized spacial score (nSPS) is 10.3. The Bertz CT molecular complexity index is 160. The second-order valence-corrected chi connectivity index (χ2v) is 4.12. The molecule has 15 heavy (non-hydrogen) atoms. The summed E-state index contributed by atoms with van der Waals surface area (Å²) in [5.74, 6) is 0.232. The van der Waals surface area contributed by atoms with E-state index < -0.39 is 0 Å². The van der Waals surface area contributed by atoms with Crippen molar-refractivity contribution in [2.24, 2.45) is 5.73 Å². The SMILES string of the molecule is CCCCCCCCC(=O)N(C)CCN. The maximum absolute atomic E-state index is 11.5. The molecule has 0 saturated heterocycles. The van der Waals surface area contributed by atoms with Crippen LogP contribution in [0.2, 0.25) is 0 Å². The molecule has 0 aromatic heterocycles. The van der Waals surface area contributed by atoms with Gasteiger partial charge in [0, 0.05) is 26.6 Å². The fourth-order valence-electron chi connectivity index (χ4n) is 1.57. The van der Waals surface area contributed by atoms with Gasteiger partial charge in [0.2, 0.25) is 5.91 Å². The summed E-state index contributed by atoms with van der Waals surface area (Å²) >= 11 is 0. The van der Waals surface area contributed by atoms with Crippen molar-refractivity contribution < 1.29 is 4.79 Å². The first-order chi connectivity index (χ1) is 7.22. The van der Waals surface area contributed by atoms with Crippen LogP contribution in [0.4, 0.5) is 0 Å². The number of hydrogen-bond acceptors (Lipinski definition) is 2. The molecule has 0 bridgehead atoms. The van der Waals surface area contributed by atoms with Crippen molar-refractivity contribution >= 4 is 5.91 Å². The van der Waals surface area contributed by atoms with Crippen molar-refractivity contribution in [3.05, 3.63) is 0 Å². The lowest BCUT2D eigenvalue weighted by atomic mass is 10.1. The van der Waals surface area contributed by atoms with E-state index in [1.165, 1.54) is 32.1 Å². The molecule has 0 rings (SSSR count). The minimum absolute atomic E-state index is 0.232. The summed E-state index contributed by atoms with van der Waals surface area (Å²) in [5, 5.41) is 0. The van der Waals surface area contributed by atoms with E-state index in [1.807, 2.05) is 7.05 Å². The second-order valence-electron chi connectivity index (χ2n) is 4.12. The zero-order chi connectivity index (χ0) is 11.5. The van der Waals surface area contributed by atoms with Gasteiger partial charge >= 0.3 is 0 Å². The van der Waals surface area contributed by atoms with E-state index in [0.717, 1.165) is 6.42 Å². The number of nitrogens with two attached hydrogens (primary N) is 1. The second kappa shape index (κ2) is 9.97. The number of unbranched alkanes of at least 4 members (excludes halogenated alkanes) is 5. The highest BCUT2D eigenvalue weighted by atomic mass is 16.2. The molecule has 2 N–H and O–H groups in total. The molecule has 3 heteroatoms. The molecule has 0 atom stereocenters. The van der Waals surface area contributed by atoms with E-state index in [0.29, 0.717) is 19.5 Å². The summed E-state index contributed by atoms with van der Waals surface area (Å²) in [6.07, 6.45) is 8.06. The molecular formula is C12H26N2O. The molecule has 0 aliphatic heterocycles. The van der Waals surface area contributed by atoms with Gasteiger partial charge < -0.3 is 10.6 Å². The Kier molecular flexibility index (Phi) is 9.59. The molecule has 0 aromatic carbocycles. The van der Waals surface area contributed by atoms with Crippen molar-refractivity contribution in [2.75, 3.05) is 20.1 Å². The van der Waals surface area contributed by atoms with Gasteiger partial charge in [0.15, 0.2) is 0 Å². The Morgan fingerprint density at radius 2 is 1.73 bits per heavy atom. The van der Waals surface area contributed by atoms with Crippen LogP contribution in [0.1, 0.15) is 51.9 Å². The Balaban J connectivity index is 3.30. The maximum atomic E-state index is 11.5. The van der Waals surface area contributed by atoms with Crippen molar-refractivity contribution in [3.63, 3.8) is 0 Å². The molecule has 90 valence electrons. The molecule has 0 spiro atoms. The number of amides is 1. The van der Waals surface area contributed by atoms with Crippen LogP contribution in [0.25, 0.3) is 0 Å². The van der Waals surface area contributed by atoms with Gasteiger partial charge in [-0.05, 0) is 6.42 Å². The summed E-state index contributed by atoms with van der Waals surface area (Å²) in [4.78, 5) is 13.2. The zero-order valence-corrected chi connectivity index (χ0v) is 10.3. The van der Waals surface area contributed by atoms with Gasteiger partial charge in [-0.3, -0.25) is 4.79 Å². The summed E-state index contributed by atoms with van der Waals surface area (Å²) < 4.78 is 0. The van der Waals surface area contributed by atoms with E-state index in [-0.39, 0.29) is 5.91 Å². The molecule has 0 aliphatic rings. The lowest BCUT2D eigenvalue weighted by molar-refractivity contribution is -0.129. The molecule has 3 nitrogen and oxygen atoms in total. The zero-order valence-electron chi connectivity index (χ0n) is 10.3. The van der Waals surface area contributed by atoms with E-state index in [4.69, 9.17) is 5.73 Å². The van der Waals surface area contributed by atoms with E-state index >= 15 is 0 Å². The number of likely N-dealkylation sites (N-methyl/N-ethyl adjacent to an activating group) is 1. The molecule has 0 aromatic rings. The van der Waals surface area contributed by atoms with Gasteiger partial charge in [-0.15, -0.1) is 0 Å². The van der Waals surface area contributed by atoms with Gasteiger partial charge in [-0.2, -0.15) is 0 Å². The van der Waals surface area contributed by atoms with Crippen LogP contribution in [-0.4, -0.2) is 30.9 Å². The van der Waals surface area contributed by atoms with Gasteiger partial charge in [-0.25, -0.2) is 0 Å². The minimum atomic E-state index is 0.232. The lowest BCUT2D eigenvalue weighted by Crippen LogP contribution is -2.31. The molecule has 0 radical (unpaired) electrons. The summed E-state index contributed by atoms with van der Waals surface area (Å²) in [7, 11) is 1.83. The minimum Gasteiger partial charge on any atom is -0.344 e. The molecule has 0 heterocycles. The average molecular weight is 214 g/mol. The third-order valence-electron chi connectivity index (χ3n) is 2.63.